The fraction of sp³-hybridized carbons (Fsp3) is 0.200. The average molecular weight is 637 g/mol. The van der Waals surface area contributed by atoms with Gasteiger partial charge in [-0.15, -0.1) is 11.8 Å². The number of ether oxygens (including phenoxy) is 2. The van der Waals surface area contributed by atoms with Crippen LogP contribution in [0.3, 0.4) is 0 Å². The molecule has 0 saturated heterocycles. The van der Waals surface area contributed by atoms with Crippen LogP contribution < -0.4 is 19.6 Å². The highest BCUT2D eigenvalue weighted by atomic mass is 32.2. The summed E-state index contributed by atoms with van der Waals surface area (Å²) in [5.74, 6) is 0.259. The van der Waals surface area contributed by atoms with Crippen molar-refractivity contribution >= 4 is 35.1 Å². The summed E-state index contributed by atoms with van der Waals surface area (Å²) in [6, 6.07) is 24.8. The Hall–Kier alpha value is -4.67. The van der Waals surface area contributed by atoms with Crippen molar-refractivity contribution in [1.82, 2.24) is 14.3 Å². The number of hydrogen-bond donors (Lipinski definition) is 0. The first-order valence-electron chi connectivity index (χ1n) is 14.4. The summed E-state index contributed by atoms with van der Waals surface area (Å²) in [5, 5.41) is 4.93. The Morgan fingerprint density at radius 3 is 2.38 bits per heavy atom. The van der Waals surface area contributed by atoms with Crippen molar-refractivity contribution in [3.63, 3.8) is 0 Å². The number of aromatic nitrogens is 3. The first-order valence-corrected chi connectivity index (χ1v) is 16.5. The third-order valence-corrected chi connectivity index (χ3v) is 9.13. The summed E-state index contributed by atoms with van der Waals surface area (Å²) in [6.45, 7) is 5.76. The summed E-state index contributed by atoms with van der Waals surface area (Å²) < 4.78 is 14.9. The fourth-order valence-corrected chi connectivity index (χ4v) is 6.77. The van der Waals surface area contributed by atoms with Gasteiger partial charge in [0.1, 0.15) is 11.4 Å². The summed E-state index contributed by atoms with van der Waals surface area (Å²) in [7, 11) is 1.34. The van der Waals surface area contributed by atoms with Crippen molar-refractivity contribution in [2.24, 2.45) is 4.99 Å². The van der Waals surface area contributed by atoms with Crippen molar-refractivity contribution in [3.05, 3.63) is 127 Å². The van der Waals surface area contributed by atoms with Gasteiger partial charge in [-0.25, -0.2) is 14.5 Å². The van der Waals surface area contributed by atoms with Crippen LogP contribution in [0.2, 0.25) is 0 Å². The van der Waals surface area contributed by atoms with Crippen LogP contribution >= 0.6 is 23.1 Å². The molecule has 1 aliphatic rings. The number of thioether (sulfide) groups is 1. The lowest BCUT2D eigenvalue weighted by atomic mass is 9.96. The molecule has 2 aromatic heterocycles. The van der Waals surface area contributed by atoms with E-state index >= 15 is 0 Å². The van der Waals surface area contributed by atoms with Gasteiger partial charge < -0.3 is 9.47 Å². The maximum atomic E-state index is 14.2. The molecule has 1 unspecified atom stereocenters. The van der Waals surface area contributed by atoms with Gasteiger partial charge in [0, 0.05) is 22.2 Å². The predicted octanol–water partition coefficient (Wildman–Crippen LogP) is 5.77. The van der Waals surface area contributed by atoms with E-state index in [1.54, 1.807) is 23.3 Å². The van der Waals surface area contributed by atoms with Crippen LogP contribution in [-0.2, 0) is 9.53 Å². The Morgan fingerprint density at radius 1 is 1.02 bits per heavy atom. The van der Waals surface area contributed by atoms with E-state index in [4.69, 9.17) is 19.6 Å². The van der Waals surface area contributed by atoms with E-state index in [1.165, 1.54) is 18.4 Å². The highest BCUT2D eigenvalue weighted by molar-refractivity contribution is 7.98. The first kappa shape index (κ1) is 30.4. The SMILES string of the molecule is COC(=O)C1=C(C)N=c2sc(=Cc3cn(-c4ccccc4)nc3-c3ccc(OC(C)C)cc3)c(=O)n2C1c1ccc(SC)cc1. The summed E-state index contributed by atoms with van der Waals surface area (Å²) >= 11 is 2.91. The number of nitrogens with zero attached hydrogens (tertiary/aromatic N) is 4. The van der Waals surface area contributed by atoms with Gasteiger partial charge in [-0.05, 0) is 87.2 Å². The molecule has 0 saturated carbocycles. The van der Waals surface area contributed by atoms with Gasteiger partial charge in [-0.3, -0.25) is 9.36 Å². The quantitative estimate of drug-likeness (QED) is 0.159. The van der Waals surface area contributed by atoms with Crippen LogP contribution in [0.25, 0.3) is 23.0 Å². The number of benzene rings is 3. The van der Waals surface area contributed by atoms with Crippen LogP contribution in [0.4, 0.5) is 0 Å². The molecule has 3 heterocycles. The third-order valence-electron chi connectivity index (χ3n) is 7.41. The Kier molecular flexibility index (Phi) is 8.60. The van der Waals surface area contributed by atoms with E-state index in [0.717, 1.165) is 38.7 Å². The number of allylic oxidation sites excluding steroid dienone is 1. The van der Waals surface area contributed by atoms with Gasteiger partial charge >= 0.3 is 5.97 Å². The van der Waals surface area contributed by atoms with Gasteiger partial charge in [0.15, 0.2) is 4.80 Å². The van der Waals surface area contributed by atoms with Crippen molar-refractivity contribution in [2.45, 2.75) is 37.8 Å². The number of thiazole rings is 1. The lowest BCUT2D eigenvalue weighted by Crippen LogP contribution is -2.39. The minimum absolute atomic E-state index is 0.0606. The van der Waals surface area contributed by atoms with Gasteiger partial charge in [-0.1, -0.05) is 41.7 Å². The minimum Gasteiger partial charge on any atom is -0.491 e. The van der Waals surface area contributed by atoms with E-state index in [2.05, 4.69) is 0 Å². The second kappa shape index (κ2) is 12.7. The molecule has 0 amide bonds. The number of methoxy groups -OCH3 is 1. The molecule has 0 spiro atoms. The maximum Gasteiger partial charge on any atom is 0.338 e. The molecule has 6 rings (SSSR count). The number of fused-ring (bicyclic) bond motifs is 1. The topological polar surface area (TPSA) is 87.7 Å². The van der Waals surface area contributed by atoms with Crippen molar-refractivity contribution < 1.29 is 14.3 Å². The van der Waals surface area contributed by atoms with Crippen LogP contribution in [0.1, 0.15) is 37.9 Å². The summed E-state index contributed by atoms with van der Waals surface area (Å²) in [4.78, 5) is 33.6. The van der Waals surface area contributed by atoms with Gasteiger partial charge in [0.2, 0.25) is 0 Å². The van der Waals surface area contributed by atoms with Crippen LogP contribution in [0.5, 0.6) is 5.75 Å². The van der Waals surface area contributed by atoms with E-state index in [9.17, 15) is 9.59 Å². The number of hydrogen-bond acceptors (Lipinski definition) is 8. The van der Waals surface area contributed by atoms with Gasteiger partial charge in [0.05, 0.1) is 40.7 Å². The van der Waals surface area contributed by atoms with Crippen molar-refractivity contribution in [1.29, 1.82) is 0 Å². The van der Waals surface area contributed by atoms with Crippen LogP contribution in [0, 0.1) is 0 Å². The first-order chi connectivity index (χ1) is 21.8. The molecule has 0 aliphatic carbocycles. The molecular formula is C35H32N4O4S2. The standard InChI is InChI=1S/C35H32N4O4S2/c1-21(2)43-27-15-11-23(12-16-27)31-25(20-38(37-31)26-9-7-6-8-10-26)19-29-33(40)39-32(24-13-17-28(44-5)18-14-24)30(34(41)42-4)22(3)36-35(39)45-29/h6-21,32H,1-5H3. The monoisotopic (exact) mass is 636 g/mol. The van der Waals surface area contributed by atoms with Crippen molar-refractivity contribution in [2.75, 3.05) is 13.4 Å². The fourth-order valence-electron chi connectivity index (χ4n) is 5.33. The van der Waals surface area contributed by atoms with Crippen LogP contribution in [0.15, 0.2) is 111 Å². The molecule has 228 valence electrons. The van der Waals surface area contributed by atoms with Gasteiger partial charge in [-0.2, -0.15) is 5.10 Å². The van der Waals surface area contributed by atoms with E-state index in [0.29, 0.717) is 20.6 Å². The zero-order valence-corrected chi connectivity index (χ0v) is 27.2. The third kappa shape index (κ3) is 6.03. The zero-order valence-electron chi connectivity index (χ0n) is 25.6. The number of esters is 1. The molecule has 0 N–H and O–H groups in total. The molecule has 0 bridgehead atoms. The lowest BCUT2D eigenvalue weighted by Gasteiger charge is -2.24. The Morgan fingerprint density at radius 2 is 1.73 bits per heavy atom. The zero-order chi connectivity index (χ0) is 31.7. The molecule has 1 atom stereocenters. The molecule has 1 aliphatic heterocycles. The Bertz CT molecular complexity index is 2070. The largest absolute Gasteiger partial charge is 0.491 e. The highest BCUT2D eigenvalue weighted by Crippen LogP contribution is 2.32. The molecule has 10 heteroatoms. The Balaban J connectivity index is 1.52. The molecule has 0 fully saturated rings. The summed E-state index contributed by atoms with van der Waals surface area (Å²) in [6.07, 6.45) is 5.84. The van der Waals surface area contributed by atoms with Gasteiger partial charge in [0.25, 0.3) is 5.56 Å². The smallest absolute Gasteiger partial charge is 0.338 e. The number of carbonyl (C=O) groups excluding carboxylic acids is 1. The Labute approximate surface area is 269 Å². The molecule has 3 aromatic carbocycles. The number of carbonyl (C=O) groups is 1. The predicted molar refractivity (Wildman–Crippen MR) is 179 cm³/mol. The minimum atomic E-state index is -0.674. The van der Waals surface area contributed by atoms with E-state index < -0.39 is 12.0 Å². The van der Waals surface area contributed by atoms with Crippen LogP contribution in [-0.4, -0.2) is 39.8 Å². The lowest BCUT2D eigenvalue weighted by molar-refractivity contribution is -0.136. The average Bonchev–Trinajstić information content (AvgIpc) is 3.61. The number of para-hydroxylation sites is 1. The van der Waals surface area contributed by atoms with E-state index in [1.807, 2.05) is 116 Å². The van der Waals surface area contributed by atoms with E-state index in [-0.39, 0.29) is 11.7 Å². The maximum absolute atomic E-state index is 14.2. The summed E-state index contributed by atoms with van der Waals surface area (Å²) in [5.41, 5.74) is 4.69. The molecular weight excluding hydrogens is 605 g/mol. The second-order valence-corrected chi connectivity index (χ2v) is 12.6. The molecule has 45 heavy (non-hydrogen) atoms. The normalized spacial score (nSPS) is 14.8. The second-order valence-electron chi connectivity index (χ2n) is 10.8. The molecule has 8 nitrogen and oxygen atoms in total. The molecule has 0 radical (unpaired) electrons. The van der Waals surface area contributed by atoms with Crippen molar-refractivity contribution in [3.8, 4) is 22.7 Å². The number of rotatable bonds is 8. The molecule has 5 aromatic rings. The highest BCUT2D eigenvalue weighted by Gasteiger charge is 2.33.